The number of nitro groups is 1. The number of hydrogen-bond acceptors (Lipinski definition) is 3. The van der Waals surface area contributed by atoms with Gasteiger partial charge in [0.2, 0.25) is 0 Å². The summed E-state index contributed by atoms with van der Waals surface area (Å²) in [5.41, 5.74) is 1.86. The Morgan fingerprint density at radius 2 is 2.05 bits per heavy atom. The third kappa shape index (κ3) is 3.24. The Labute approximate surface area is 120 Å². The summed E-state index contributed by atoms with van der Waals surface area (Å²) in [7, 11) is 0. The highest BCUT2D eigenvalue weighted by Gasteiger charge is 2.09. The number of halogens is 2. The second-order valence-electron chi connectivity index (χ2n) is 4.36. The average molecular weight is 295 g/mol. The largest absolute Gasteiger partial charge is 0.380 e. The Kier molecular flexibility index (Phi) is 4.20. The van der Waals surface area contributed by atoms with E-state index < -0.39 is 4.92 Å². The first kappa shape index (κ1) is 14.3. The van der Waals surface area contributed by atoms with Crippen molar-refractivity contribution >= 4 is 23.0 Å². The molecule has 1 N–H and O–H groups in total. The molecule has 104 valence electrons. The molecule has 0 saturated heterocycles. The van der Waals surface area contributed by atoms with E-state index in [2.05, 4.69) is 5.32 Å². The van der Waals surface area contributed by atoms with Crippen LogP contribution in [-0.4, -0.2) is 4.92 Å². The van der Waals surface area contributed by atoms with Crippen molar-refractivity contribution in [3.63, 3.8) is 0 Å². The van der Waals surface area contributed by atoms with Gasteiger partial charge in [0.15, 0.2) is 0 Å². The van der Waals surface area contributed by atoms with Gasteiger partial charge in [-0.2, -0.15) is 0 Å². The van der Waals surface area contributed by atoms with Crippen LogP contribution < -0.4 is 5.32 Å². The molecule has 0 saturated carbocycles. The fraction of sp³-hybridized carbons (Fsp3) is 0.143. The maximum atomic E-state index is 13.2. The lowest BCUT2D eigenvalue weighted by atomic mass is 10.1. The fourth-order valence-corrected chi connectivity index (χ4v) is 1.96. The van der Waals surface area contributed by atoms with Crippen molar-refractivity contribution < 1.29 is 9.31 Å². The Balaban J connectivity index is 2.15. The van der Waals surface area contributed by atoms with E-state index in [0.29, 0.717) is 22.8 Å². The first-order valence-corrected chi connectivity index (χ1v) is 6.28. The molecule has 20 heavy (non-hydrogen) atoms. The second-order valence-corrected chi connectivity index (χ2v) is 4.77. The smallest absolute Gasteiger partial charge is 0.271 e. The van der Waals surface area contributed by atoms with Crippen LogP contribution in [0.2, 0.25) is 5.02 Å². The predicted molar refractivity (Wildman–Crippen MR) is 76.6 cm³/mol. The Bertz CT molecular complexity index is 662. The number of rotatable bonds is 4. The van der Waals surface area contributed by atoms with E-state index in [9.17, 15) is 14.5 Å². The van der Waals surface area contributed by atoms with Gasteiger partial charge >= 0.3 is 0 Å². The Morgan fingerprint density at radius 3 is 2.70 bits per heavy atom. The average Bonchev–Trinajstić information content (AvgIpc) is 2.41. The van der Waals surface area contributed by atoms with Crippen molar-refractivity contribution in [2.45, 2.75) is 13.5 Å². The fourth-order valence-electron chi connectivity index (χ4n) is 1.78. The van der Waals surface area contributed by atoms with E-state index in [4.69, 9.17) is 11.6 Å². The minimum Gasteiger partial charge on any atom is -0.380 e. The lowest BCUT2D eigenvalue weighted by Crippen LogP contribution is -2.01. The van der Waals surface area contributed by atoms with Gasteiger partial charge in [0, 0.05) is 18.7 Å². The maximum Gasteiger partial charge on any atom is 0.271 e. The molecule has 0 aliphatic heterocycles. The molecule has 0 aromatic heterocycles. The molecule has 0 aliphatic carbocycles. The summed E-state index contributed by atoms with van der Waals surface area (Å²) in [6, 6.07) is 8.95. The molecule has 2 aromatic carbocycles. The van der Waals surface area contributed by atoms with Gasteiger partial charge in [-0.3, -0.25) is 10.1 Å². The normalized spacial score (nSPS) is 10.3. The van der Waals surface area contributed by atoms with E-state index in [0.717, 1.165) is 5.56 Å². The number of nitrogens with zero attached hydrogens (tertiary/aromatic N) is 1. The van der Waals surface area contributed by atoms with Gasteiger partial charge in [-0.05, 0) is 30.2 Å². The van der Waals surface area contributed by atoms with E-state index in [-0.39, 0.29) is 11.5 Å². The Morgan fingerprint density at radius 1 is 1.30 bits per heavy atom. The van der Waals surface area contributed by atoms with Crippen molar-refractivity contribution in [3.05, 3.63) is 68.5 Å². The SMILES string of the molecule is Cc1cc(CNc2cc([N+](=O)[O-])ccc2Cl)ccc1F. The highest BCUT2D eigenvalue weighted by Crippen LogP contribution is 2.27. The van der Waals surface area contributed by atoms with Crippen molar-refractivity contribution in [3.8, 4) is 0 Å². The van der Waals surface area contributed by atoms with Crippen LogP contribution >= 0.6 is 11.6 Å². The molecular formula is C14H12ClFN2O2. The van der Waals surface area contributed by atoms with Crippen LogP contribution in [0.15, 0.2) is 36.4 Å². The monoisotopic (exact) mass is 294 g/mol. The first-order chi connectivity index (χ1) is 9.47. The molecule has 0 aliphatic rings. The second kappa shape index (κ2) is 5.88. The number of nitro benzene ring substituents is 1. The van der Waals surface area contributed by atoms with Gasteiger partial charge in [0.25, 0.3) is 5.69 Å². The van der Waals surface area contributed by atoms with Gasteiger partial charge in [-0.1, -0.05) is 23.7 Å². The summed E-state index contributed by atoms with van der Waals surface area (Å²) in [4.78, 5) is 10.2. The summed E-state index contributed by atoms with van der Waals surface area (Å²) in [5, 5.41) is 14.1. The van der Waals surface area contributed by atoms with Gasteiger partial charge in [-0.15, -0.1) is 0 Å². The first-order valence-electron chi connectivity index (χ1n) is 5.90. The summed E-state index contributed by atoms with van der Waals surface area (Å²) in [6.45, 7) is 2.08. The number of anilines is 1. The highest BCUT2D eigenvalue weighted by molar-refractivity contribution is 6.33. The Hall–Kier alpha value is -2.14. The molecule has 0 heterocycles. The molecule has 0 unspecified atom stereocenters. The molecule has 0 spiro atoms. The molecule has 2 aromatic rings. The minimum absolute atomic E-state index is 0.0350. The van der Waals surface area contributed by atoms with E-state index in [1.807, 2.05) is 0 Å². The van der Waals surface area contributed by atoms with Crippen LogP contribution in [0.25, 0.3) is 0 Å². The number of aryl methyl sites for hydroxylation is 1. The highest BCUT2D eigenvalue weighted by atomic mass is 35.5. The molecule has 2 rings (SSSR count). The number of non-ortho nitro benzene ring substituents is 1. The standard InChI is InChI=1S/C14H12ClFN2O2/c1-9-6-10(2-5-13(9)16)8-17-14-7-11(18(19)20)3-4-12(14)15/h2-7,17H,8H2,1H3. The van der Waals surface area contributed by atoms with Crippen LogP contribution in [0.5, 0.6) is 0 Å². The zero-order valence-electron chi connectivity index (χ0n) is 10.7. The zero-order valence-corrected chi connectivity index (χ0v) is 11.4. The zero-order chi connectivity index (χ0) is 14.7. The molecule has 0 radical (unpaired) electrons. The van der Waals surface area contributed by atoms with Crippen molar-refractivity contribution in [2.75, 3.05) is 5.32 Å². The lowest BCUT2D eigenvalue weighted by Gasteiger charge is -2.09. The predicted octanol–water partition coefficient (Wildman–Crippen LogP) is 4.31. The van der Waals surface area contributed by atoms with Crippen LogP contribution in [0.1, 0.15) is 11.1 Å². The van der Waals surface area contributed by atoms with Crippen LogP contribution in [0, 0.1) is 22.9 Å². The number of nitrogens with one attached hydrogen (secondary N) is 1. The molecule has 0 atom stereocenters. The molecule has 6 heteroatoms. The van der Waals surface area contributed by atoms with E-state index in [1.165, 1.54) is 24.3 Å². The van der Waals surface area contributed by atoms with Crippen LogP contribution in [0.3, 0.4) is 0 Å². The third-order valence-corrected chi connectivity index (χ3v) is 3.20. The number of benzene rings is 2. The van der Waals surface area contributed by atoms with Gasteiger partial charge in [0.1, 0.15) is 5.82 Å². The van der Waals surface area contributed by atoms with Crippen molar-refractivity contribution in [1.82, 2.24) is 0 Å². The molecule has 0 bridgehead atoms. The summed E-state index contributed by atoms with van der Waals surface area (Å²) in [6.07, 6.45) is 0. The van der Waals surface area contributed by atoms with Crippen molar-refractivity contribution in [1.29, 1.82) is 0 Å². The summed E-state index contributed by atoms with van der Waals surface area (Å²) in [5.74, 6) is -0.262. The van der Waals surface area contributed by atoms with Crippen LogP contribution in [0.4, 0.5) is 15.8 Å². The lowest BCUT2D eigenvalue weighted by molar-refractivity contribution is -0.384. The topological polar surface area (TPSA) is 55.2 Å². The maximum absolute atomic E-state index is 13.2. The molecule has 0 amide bonds. The quantitative estimate of drug-likeness (QED) is 0.675. The minimum atomic E-state index is -0.483. The molecular weight excluding hydrogens is 283 g/mol. The summed E-state index contributed by atoms with van der Waals surface area (Å²) >= 11 is 5.98. The van der Waals surface area contributed by atoms with Crippen LogP contribution in [-0.2, 0) is 6.54 Å². The van der Waals surface area contributed by atoms with E-state index in [1.54, 1.807) is 19.1 Å². The van der Waals surface area contributed by atoms with E-state index >= 15 is 0 Å². The van der Waals surface area contributed by atoms with Crippen molar-refractivity contribution in [2.24, 2.45) is 0 Å². The van der Waals surface area contributed by atoms with Gasteiger partial charge in [0.05, 0.1) is 15.6 Å². The molecule has 0 fully saturated rings. The number of hydrogen-bond donors (Lipinski definition) is 1. The third-order valence-electron chi connectivity index (χ3n) is 2.87. The summed E-state index contributed by atoms with van der Waals surface area (Å²) < 4.78 is 13.2. The van der Waals surface area contributed by atoms with Gasteiger partial charge < -0.3 is 5.32 Å². The van der Waals surface area contributed by atoms with Gasteiger partial charge in [-0.25, -0.2) is 4.39 Å². The molecule has 4 nitrogen and oxygen atoms in total.